The topological polar surface area (TPSA) is 38.8 Å². The van der Waals surface area contributed by atoms with Gasteiger partial charge in [0.1, 0.15) is 11.5 Å². The Morgan fingerprint density at radius 1 is 1.17 bits per heavy atom. The largest absolute Gasteiger partial charge is 0.497 e. The van der Waals surface area contributed by atoms with Gasteiger partial charge in [0.15, 0.2) is 6.61 Å². The second-order valence-electron chi connectivity index (χ2n) is 8.20. The molecule has 0 spiro atoms. The number of likely N-dealkylation sites (tertiary alicyclic amines) is 1. The third-order valence-corrected chi connectivity index (χ3v) is 5.16. The van der Waals surface area contributed by atoms with Crippen molar-refractivity contribution in [3.63, 3.8) is 0 Å². The van der Waals surface area contributed by atoms with E-state index in [2.05, 4.69) is 25.7 Å². The number of carbonyl (C=O) groups excluding carboxylic acids is 1. The van der Waals surface area contributed by atoms with Gasteiger partial charge in [0.05, 0.1) is 7.11 Å². The maximum Gasteiger partial charge on any atom is 0.260 e. The number of ether oxygens (including phenoxy) is 2. The number of rotatable bonds is 4. The van der Waals surface area contributed by atoms with Crippen LogP contribution in [0.4, 0.5) is 0 Å². The average molecular weight is 317 g/mol. The Balaban J connectivity index is 1.60. The number of fused-ring (bicyclic) bond motifs is 2. The molecule has 1 amide bonds. The zero-order valence-corrected chi connectivity index (χ0v) is 14.6. The molecule has 1 saturated carbocycles. The molecule has 2 atom stereocenters. The molecule has 1 heterocycles. The molecule has 2 bridgehead atoms. The van der Waals surface area contributed by atoms with E-state index in [1.807, 2.05) is 24.3 Å². The molecule has 0 unspecified atom stereocenters. The van der Waals surface area contributed by atoms with E-state index in [1.165, 1.54) is 6.42 Å². The van der Waals surface area contributed by atoms with E-state index in [9.17, 15) is 4.79 Å². The van der Waals surface area contributed by atoms with Crippen molar-refractivity contribution in [2.75, 3.05) is 20.3 Å². The molecule has 4 heteroatoms. The fourth-order valence-electron chi connectivity index (χ4n) is 4.65. The lowest BCUT2D eigenvalue weighted by atomic mass is 9.65. The van der Waals surface area contributed by atoms with Crippen molar-refractivity contribution < 1.29 is 14.3 Å². The van der Waals surface area contributed by atoms with E-state index in [0.717, 1.165) is 25.1 Å². The molecule has 1 aliphatic heterocycles. The third-order valence-electron chi connectivity index (χ3n) is 5.16. The Morgan fingerprint density at radius 2 is 1.83 bits per heavy atom. The van der Waals surface area contributed by atoms with Crippen LogP contribution in [0.2, 0.25) is 0 Å². The van der Waals surface area contributed by atoms with Crippen LogP contribution in [0, 0.1) is 10.8 Å². The predicted octanol–water partition coefficient (Wildman–Crippen LogP) is 3.50. The molecule has 23 heavy (non-hydrogen) atoms. The van der Waals surface area contributed by atoms with Crippen molar-refractivity contribution in [3.05, 3.63) is 24.3 Å². The van der Waals surface area contributed by atoms with Gasteiger partial charge in [-0.25, -0.2) is 0 Å². The molecule has 1 aromatic rings. The summed E-state index contributed by atoms with van der Waals surface area (Å²) in [5.74, 6) is 1.59. The van der Waals surface area contributed by atoms with Gasteiger partial charge in [-0.05, 0) is 54.4 Å². The molecule has 0 aromatic heterocycles. The van der Waals surface area contributed by atoms with Gasteiger partial charge in [-0.3, -0.25) is 4.79 Å². The van der Waals surface area contributed by atoms with E-state index in [0.29, 0.717) is 17.2 Å². The van der Waals surface area contributed by atoms with Crippen molar-refractivity contribution >= 4 is 5.91 Å². The summed E-state index contributed by atoms with van der Waals surface area (Å²) in [6, 6.07) is 7.71. The smallest absolute Gasteiger partial charge is 0.260 e. The minimum Gasteiger partial charge on any atom is -0.497 e. The van der Waals surface area contributed by atoms with Gasteiger partial charge in [0.25, 0.3) is 5.91 Å². The number of hydrogen-bond donors (Lipinski definition) is 0. The van der Waals surface area contributed by atoms with Crippen LogP contribution in [0.15, 0.2) is 24.3 Å². The molecular formula is C19H27NO3. The first kappa shape index (κ1) is 16.2. The summed E-state index contributed by atoms with van der Waals surface area (Å²) in [5, 5.41) is 0. The van der Waals surface area contributed by atoms with Crippen molar-refractivity contribution in [2.45, 2.75) is 46.1 Å². The normalized spacial score (nSPS) is 28.5. The Hall–Kier alpha value is -1.71. The Morgan fingerprint density at radius 3 is 2.48 bits per heavy atom. The number of methoxy groups -OCH3 is 1. The molecule has 126 valence electrons. The van der Waals surface area contributed by atoms with Gasteiger partial charge in [-0.1, -0.05) is 20.8 Å². The van der Waals surface area contributed by atoms with E-state index < -0.39 is 0 Å². The minimum atomic E-state index is 0.104. The SMILES string of the molecule is COc1ccc(OCC(=O)N2C[C@]3(C)C[C@@H]2CC(C)(C)C3)cc1. The maximum absolute atomic E-state index is 12.6. The summed E-state index contributed by atoms with van der Waals surface area (Å²) in [4.78, 5) is 14.7. The van der Waals surface area contributed by atoms with E-state index in [1.54, 1.807) is 7.11 Å². The Bertz CT molecular complexity index is 581. The lowest BCUT2D eigenvalue weighted by Gasteiger charge is -2.39. The number of nitrogens with zero attached hydrogens (tertiary/aromatic N) is 1. The molecule has 1 aliphatic carbocycles. The highest BCUT2D eigenvalue weighted by molar-refractivity contribution is 5.78. The molecule has 2 aliphatic rings. The van der Waals surface area contributed by atoms with Crippen molar-refractivity contribution in [1.82, 2.24) is 4.90 Å². The van der Waals surface area contributed by atoms with E-state index in [-0.39, 0.29) is 17.9 Å². The summed E-state index contributed by atoms with van der Waals surface area (Å²) >= 11 is 0. The van der Waals surface area contributed by atoms with Crippen LogP contribution in [0.25, 0.3) is 0 Å². The first-order chi connectivity index (χ1) is 10.8. The van der Waals surface area contributed by atoms with Crippen molar-refractivity contribution in [2.24, 2.45) is 10.8 Å². The summed E-state index contributed by atoms with van der Waals surface area (Å²) in [5.41, 5.74) is 0.589. The number of benzene rings is 1. The van der Waals surface area contributed by atoms with Crippen LogP contribution >= 0.6 is 0 Å². The van der Waals surface area contributed by atoms with Gasteiger partial charge < -0.3 is 14.4 Å². The zero-order valence-electron chi connectivity index (χ0n) is 14.6. The maximum atomic E-state index is 12.6. The van der Waals surface area contributed by atoms with Crippen LogP contribution in [0.5, 0.6) is 11.5 Å². The molecule has 1 saturated heterocycles. The monoisotopic (exact) mass is 317 g/mol. The Labute approximate surface area is 138 Å². The van der Waals surface area contributed by atoms with E-state index in [4.69, 9.17) is 9.47 Å². The van der Waals surface area contributed by atoms with Crippen LogP contribution in [0.1, 0.15) is 40.0 Å². The summed E-state index contributed by atoms with van der Waals surface area (Å²) < 4.78 is 10.8. The standard InChI is InChI=1S/C19H27NO3/c1-18(2)9-14-10-19(3,12-18)13-20(14)17(21)11-23-16-7-5-15(22-4)6-8-16/h5-8,14H,9-13H2,1-4H3/t14-,19+/m0/s1. The van der Waals surface area contributed by atoms with Crippen LogP contribution in [0.3, 0.4) is 0 Å². The highest BCUT2D eigenvalue weighted by Crippen LogP contribution is 2.52. The van der Waals surface area contributed by atoms with Crippen LogP contribution < -0.4 is 9.47 Å². The predicted molar refractivity (Wildman–Crippen MR) is 89.7 cm³/mol. The number of hydrogen-bond acceptors (Lipinski definition) is 3. The van der Waals surface area contributed by atoms with Gasteiger partial charge in [-0.2, -0.15) is 0 Å². The molecular weight excluding hydrogens is 290 g/mol. The molecule has 1 aromatic carbocycles. The number of carbonyl (C=O) groups is 1. The summed E-state index contributed by atoms with van der Waals surface area (Å²) in [6.45, 7) is 7.93. The van der Waals surface area contributed by atoms with Crippen molar-refractivity contribution in [3.8, 4) is 11.5 Å². The zero-order chi connectivity index (χ0) is 16.7. The fraction of sp³-hybridized carbons (Fsp3) is 0.632. The van der Waals surface area contributed by atoms with Gasteiger partial charge in [0, 0.05) is 12.6 Å². The van der Waals surface area contributed by atoms with Gasteiger partial charge >= 0.3 is 0 Å². The van der Waals surface area contributed by atoms with Crippen LogP contribution in [-0.4, -0.2) is 37.1 Å². The van der Waals surface area contributed by atoms with E-state index >= 15 is 0 Å². The fourth-order valence-corrected chi connectivity index (χ4v) is 4.65. The molecule has 3 rings (SSSR count). The second kappa shape index (κ2) is 5.73. The first-order valence-corrected chi connectivity index (χ1v) is 8.37. The minimum absolute atomic E-state index is 0.104. The molecule has 2 fully saturated rings. The van der Waals surface area contributed by atoms with Crippen LogP contribution in [-0.2, 0) is 4.79 Å². The van der Waals surface area contributed by atoms with Gasteiger partial charge in [-0.15, -0.1) is 0 Å². The molecule has 0 radical (unpaired) electrons. The van der Waals surface area contributed by atoms with Crippen molar-refractivity contribution in [1.29, 1.82) is 0 Å². The Kier molecular flexibility index (Phi) is 4.03. The quantitative estimate of drug-likeness (QED) is 0.853. The number of amides is 1. The summed E-state index contributed by atoms with van der Waals surface area (Å²) in [6.07, 6.45) is 3.42. The summed E-state index contributed by atoms with van der Waals surface area (Å²) in [7, 11) is 1.63. The second-order valence-corrected chi connectivity index (χ2v) is 8.20. The average Bonchev–Trinajstić information content (AvgIpc) is 2.74. The molecule has 0 N–H and O–H groups in total. The lowest BCUT2D eigenvalue weighted by molar-refractivity contribution is -0.134. The van der Waals surface area contributed by atoms with Gasteiger partial charge in [0.2, 0.25) is 0 Å². The first-order valence-electron chi connectivity index (χ1n) is 8.37. The molecule has 4 nitrogen and oxygen atoms in total. The third kappa shape index (κ3) is 3.46. The highest BCUT2D eigenvalue weighted by atomic mass is 16.5. The lowest BCUT2D eigenvalue weighted by Crippen LogP contribution is -2.40. The highest BCUT2D eigenvalue weighted by Gasteiger charge is 2.50.